The number of piperidine rings is 1. The van der Waals surface area contributed by atoms with E-state index in [4.69, 9.17) is 5.73 Å². The Kier molecular flexibility index (Phi) is 7.30. The molecule has 0 bridgehead atoms. The third-order valence-electron chi connectivity index (χ3n) is 9.92. The van der Waals surface area contributed by atoms with Gasteiger partial charge >= 0.3 is 0 Å². The molecule has 43 heavy (non-hydrogen) atoms. The zero-order valence-electron chi connectivity index (χ0n) is 24.3. The maximum atomic E-state index is 14.3. The molecule has 4 N–H and O–H groups in total. The molecule has 1 aliphatic heterocycles. The number of likely N-dealkylation sites (tertiary alicyclic amines) is 1. The number of carbonyl (C=O) groups excluding carboxylic acids is 5. The van der Waals surface area contributed by atoms with E-state index in [1.54, 1.807) is 26.4 Å². The first-order valence-corrected chi connectivity index (χ1v) is 14.8. The fourth-order valence-electron chi connectivity index (χ4n) is 7.96. The first kappa shape index (κ1) is 29.3. The summed E-state index contributed by atoms with van der Waals surface area (Å²) >= 11 is 0. The second-order valence-electron chi connectivity index (χ2n) is 12.6. The summed E-state index contributed by atoms with van der Waals surface area (Å²) < 4.78 is 0. The van der Waals surface area contributed by atoms with E-state index in [9.17, 15) is 34.2 Å². The predicted molar refractivity (Wildman–Crippen MR) is 154 cm³/mol. The molecule has 3 fully saturated rings. The lowest BCUT2D eigenvalue weighted by Crippen LogP contribution is -2.74. The second-order valence-corrected chi connectivity index (χ2v) is 12.6. The van der Waals surface area contributed by atoms with Gasteiger partial charge in [-0.1, -0.05) is 12.5 Å². The summed E-state index contributed by atoms with van der Waals surface area (Å²) in [5.74, 6) is -10.5. The number of hydrogen-bond donors (Lipinski definition) is 3. The zero-order valence-corrected chi connectivity index (χ0v) is 24.3. The fraction of sp³-hybridized carbons (Fsp3) is 0.500. The lowest BCUT2D eigenvalue weighted by Gasteiger charge is -2.52. The van der Waals surface area contributed by atoms with Gasteiger partial charge in [-0.15, -0.1) is 0 Å². The van der Waals surface area contributed by atoms with Crippen molar-refractivity contribution in [3.05, 3.63) is 47.2 Å². The predicted octanol–water partition coefficient (Wildman–Crippen LogP) is 0.915. The molecule has 3 aliphatic carbocycles. The van der Waals surface area contributed by atoms with Gasteiger partial charge in [0.1, 0.15) is 5.75 Å². The Hall–Kier alpha value is -3.80. The van der Waals surface area contributed by atoms with Crippen LogP contribution in [-0.2, 0) is 32.1 Å². The molecule has 6 rings (SSSR count). The Bertz CT molecular complexity index is 1530. The molecule has 4 unspecified atom stereocenters. The molecule has 2 saturated carbocycles. The van der Waals surface area contributed by atoms with Crippen LogP contribution >= 0.6 is 0 Å². The van der Waals surface area contributed by atoms with Gasteiger partial charge in [-0.25, -0.2) is 0 Å². The molecule has 4 aliphatic rings. The fourth-order valence-corrected chi connectivity index (χ4v) is 7.96. The molecule has 1 aromatic carbocycles. The number of amides is 1. The largest absolute Gasteiger partial charge is 0.507 e. The highest BCUT2D eigenvalue weighted by Crippen LogP contribution is 2.52. The van der Waals surface area contributed by atoms with Crippen LogP contribution in [0.5, 0.6) is 5.75 Å². The highest BCUT2D eigenvalue weighted by atomic mass is 16.3. The first-order chi connectivity index (χ1) is 20.5. The van der Waals surface area contributed by atoms with Crippen molar-refractivity contribution in [1.29, 1.82) is 0 Å². The molecule has 11 heteroatoms. The molecule has 1 amide bonds. The topological polar surface area (TPSA) is 171 Å². The maximum Gasteiger partial charge on any atom is 0.235 e. The van der Waals surface area contributed by atoms with Gasteiger partial charge in [0.05, 0.1) is 23.2 Å². The molecule has 0 radical (unpaired) electrons. The quantitative estimate of drug-likeness (QED) is 0.427. The lowest BCUT2D eigenvalue weighted by molar-refractivity contribution is -0.181. The Balaban J connectivity index is 1.49. The molecule has 1 saturated heterocycles. The first-order valence-electron chi connectivity index (χ1n) is 14.8. The Labute approximate surface area is 249 Å². The number of ketones is 4. The van der Waals surface area contributed by atoms with E-state index in [-0.39, 0.29) is 24.2 Å². The molecule has 2 aromatic rings. The number of aliphatic hydroxyl groups is 1. The summed E-state index contributed by atoms with van der Waals surface area (Å²) in [6.07, 6.45) is 5.04. The maximum absolute atomic E-state index is 14.3. The van der Waals surface area contributed by atoms with Crippen molar-refractivity contribution in [2.45, 2.75) is 50.3 Å². The van der Waals surface area contributed by atoms with Crippen molar-refractivity contribution in [2.75, 3.05) is 27.2 Å². The van der Waals surface area contributed by atoms with Gasteiger partial charge in [-0.05, 0) is 82.5 Å². The summed E-state index contributed by atoms with van der Waals surface area (Å²) in [5.41, 5.74) is 5.04. The minimum Gasteiger partial charge on any atom is -0.507 e. The average molecular weight is 589 g/mol. The molecule has 226 valence electrons. The van der Waals surface area contributed by atoms with E-state index in [0.29, 0.717) is 28.9 Å². The number of carbonyl (C=O) groups is 5. The van der Waals surface area contributed by atoms with E-state index in [1.807, 2.05) is 18.2 Å². The molecule has 0 spiro atoms. The molecular formula is C32H36N4O7. The number of hydrogen-bond acceptors (Lipinski definition) is 10. The number of phenolic OH excluding ortho intramolecular Hbond substituents is 1. The summed E-state index contributed by atoms with van der Waals surface area (Å²) in [6, 6.07) is 6.17. The standard InChI is InChI=1S/C32H36N4O7/c1-35(2)25-20-14-16-12-19-18(21-8-4-5-9-34-21)13-17(15-36-10-6-3-7-11-36)26(37)23(19)27(38)22(16)29(40)32(20,43)30(41)24(28(25)39)31(33)42/h4-5,8-9,13,16,20,22,24-25,37,43H,3,6-7,10-12,14-15H2,1-2H3,(H2,33,42)/t16?,20?,22?,24?,25-,32+/m1/s1. The van der Waals surface area contributed by atoms with Crippen LogP contribution in [0.25, 0.3) is 11.3 Å². The van der Waals surface area contributed by atoms with Crippen LogP contribution in [0.1, 0.15) is 47.2 Å². The summed E-state index contributed by atoms with van der Waals surface area (Å²) in [7, 11) is 3.13. The molecule has 11 nitrogen and oxygen atoms in total. The van der Waals surface area contributed by atoms with Crippen molar-refractivity contribution < 1.29 is 34.2 Å². The number of rotatable bonds is 5. The van der Waals surface area contributed by atoms with Crippen molar-refractivity contribution in [3.63, 3.8) is 0 Å². The van der Waals surface area contributed by atoms with E-state index >= 15 is 0 Å². The number of likely N-dealkylation sites (N-methyl/N-ethyl adjacent to an activating group) is 1. The Morgan fingerprint density at radius 1 is 1.12 bits per heavy atom. The van der Waals surface area contributed by atoms with Crippen LogP contribution in [0, 0.1) is 23.7 Å². The third-order valence-corrected chi connectivity index (χ3v) is 9.92. The van der Waals surface area contributed by atoms with E-state index in [1.165, 1.54) is 4.90 Å². The molecule has 6 atom stereocenters. The van der Waals surface area contributed by atoms with Gasteiger partial charge in [0, 0.05) is 29.8 Å². The molecular weight excluding hydrogens is 552 g/mol. The lowest BCUT2D eigenvalue weighted by atomic mass is 9.52. The number of aromatic nitrogens is 1. The number of phenols is 1. The van der Waals surface area contributed by atoms with Crippen LogP contribution in [0.4, 0.5) is 0 Å². The highest BCUT2D eigenvalue weighted by Gasteiger charge is 2.69. The minimum atomic E-state index is -2.75. The zero-order chi connectivity index (χ0) is 30.8. The van der Waals surface area contributed by atoms with Crippen molar-refractivity contribution in [2.24, 2.45) is 29.4 Å². The van der Waals surface area contributed by atoms with E-state index in [0.717, 1.165) is 32.4 Å². The van der Waals surface area contributed by atoms with Crippen LogP contribution in [0.15, 0.2) is 30.5 Å². The summed E-state index contributed by atoms with van der Waals surface area (Å²) in [4.78, 5) is 75.8. The van der Waals surface area contributed by atoms with Crippen LogP contribution in [0.2, 0.25) is 0 Å². The summed E-state index contributed by atoms with van der Waals surface area (Å²) in [6.45, 7) is 2.12. The number of aromatic hydroxyl groups is 1. The number of fused-ring (bicyclic) bond motifs is 3. The van der Waals surface area contributed by atoms with Gasteiger partial charge in [-0.3, -0.25) is 38.8 Å². The van der Waals surface area contributed by atoms with Crippen molar-refractivity contribution >= 4 is 29.0 Å². The smallest absolute Gasteiger partial charge is 0.235 e. The van der Waals surface area contributed by atoms with Crippen molar-refractivity contribution in [3.8, 4) is 17.0 Å². The van der Waals surface area contributed by atoms with Gasteiger partial charge in [0.25, 0.3) is 0 Å². The van der Waals surface area contributed by atoms with Gasteiger partial charge in [-0.2, -0.15) is 0 Å². The van der Waals surface area contributed by atoms with Gasteiger partial charge in [0.15, 0.2) is 34.7 Å². The van der Waals surface area contributed by atoms with Gasteiger partial charge in [0.2, 0.25) is 5.91 Å². The van der Waals surface area contributed by atoms with Crippen LogP contribution in [-0.4, -0.2) is 92.9 Å². The van der Waals surface area contributed by atoms with Crippen LogP contribution in [0.3, 0.4) is 0 Å². The highest BCUT2D eigenvalue weighted by molar-refractivity contribution is 6.32. The number of pyridine rings is 1. The van der Waals surface area contributed by atoms with E-state index < -0.39 is 64.4 Å². The Morgan fingerprint density at radius 3 is 2.47 bits per heavy atom. The number of nitrogens with zero attached hydrogens (tertiary/aromatic N) is 3. The second kappa shape index (κ2) is 10.7. The monoisotopic (exact) mass is 588 g/mol. The molecule has 2 heterocycles. The summed E-state index contributed by atoms with van der Waals surface area (Å²) in [5, 5.41) is 23.4. The average Bonchev–Trinajstić information content (AvgIpc) is 2.97. The minimum absolute atomic E-state index is 0.00163. The number of nitrogens with two attached hydrogens (primary N) is 1. The van der Waals surface area contributed by atoms with E-state index in [2.05, 4.69) is 9.88 Å². The normalized spacial score (nSPS) is 31.0. The Morgan fingerprint density at radius 2 is 1.84 bits per heavy atom. The SMILES string of the molecule is CN(C)[C@H]1C(=O)C(C(N)=O)C(=O)[C@@]2(O)C(=O)C3C(=O)c4c(O)c(CN5CCCCC5)cc(-c5ccccn5)c4CC3CC12. The molecule has 1 aromatic heterocycles. The van der Waals surface area contributed by atoms with Crippen molar-refractivity contribution in [1.82, 2.24) is 14.8 Å². The number of primary amides is 1. The number of Topliss-reactive ketones (excluding diaryl/α,β-unsaturated/α-hetero) is 4. The third kappa shape index (κ3) is 4.44. The number of benzene rings is 1. The van der Waals surface area contributed by atoms with Gasteiger partial charge < -0.3 is 15.9 Å². The van der Waals surface area contributed by atoms with Crippen LogP contribution < -0.4 is 5.73 Å².